The lowest BCUT2D eigenvalue weighted by molar-refractivity contribution is 0.0992. The molecule has 172 valence electrons. The number of carbonyl (C=O) groups is 2. The summed E-state index contributed by atoms with van der Waals surface area (Å²) in [7, 11) is 3.65. The summed E-state index contributed by atoms with van der Waals surface area (Å²) in [4.78, 5) is 32.1. The number of pyridine rings is 1. The van der Waals surface area contributed by atoms with Crippen LogP contribution in [-0.2, 0) is 6.42 Å². The van der Waals surface area contributed by atoms with E-state index in [1.165, 1.54) is 6.20 Å². The molecule has 0 fully saturated rings. The predicted octanol–water partition coefficient (Wildman–Crippen LogP) is 6.16. The molecule has 0 spiro atoms. The number of benzene rings is 2. The van der Waals surface area contributed by atoms with Gasteiger partial charge in [0, 0.05) is 54.3 Å². The summed E-state index contributed by atoms with van der Waals surface area (Å²) in [5.74, 6) is -0.244. The number of ketones is 1. The molecule has 1 amide bonds. The maximum Gasteiger partial charge on any atom is 0.257 e. The molecule has 6 nitrogen and oxygen atoms in total. The van der Waals surface area contributed by atoms with E-state index in [-0.39, 0.29) is 19.6 Å². The summed E-state index contributed by atoms with van der Waals surface area (Å²) in [6.45, 7) is 1.69. The fourth-order valence-corrected chi connectivity index (χ4v) is 3.54. The second-order valence-electron chi connectivity index (χ2n) is 7.46. The number of carbonyl (C=O) groups excluding carboxylic acids is 2. The Labute approximate surface area is 204 Å². The van der Waals surface area contributed by atoms with Crippen LogP contribution in [0.3, 0.4) is 0 Å². The predicted molar refractivity (Wildman–Crippen MR) is 137 cm³/mol. The Hall–Kier alpha value is -3.22. The van der Waals surface area contributed by atoms with Crippen molar-refractivity contribution in [2.45, 2.75) is 20.8 Å². The normalized spacial score (nSPS) is 10.2. The van der Waals surface area contributed by atoms with E-state index < -0.39 is 5.91 Å². The number of Topliss-reactive ketones (excluding diaryl/α,β-unsaturated/α-hetero) is 1. The van der Waals surface area contributed by atoms with Crippen LogP contribution in [0.5, 0.6) is 0 Å². The van der Waals surface area contributed by atoms with E-state index >= 15 is 0 Å². The van der Waals surface area contributed by atoms with Gasteiger partial charge in [-0.25, -0.2) is 4.98 Å². The average molecular weight is 485 g/mol. The van der Waals surface area contributed by atoms with Crippen LogP contribution in [0.4, 0.5) is 11.5 Å². The zero-order valence-electron chi connectivity index (χ0n) is 17.9. The molecule has 0 saturated carbocycles. The monoisotopic (exact) mass is 484 g/mol. The van der Waals surface area contributed by atoms with Crippen LogP contribution in [0.15, 0.2) is 54.7 Å². The minimum atomic E-state index is -0.428. The molecule has 0 saturated heterocycles. The number of nitrogens with zero attached hydrogens (tertiary/aromatic N) is 2. The van der Waals surface area contributed by atoms with Crippen molar-refractivity contribution in [2.75, 3.05) is 24.3 Å². The number of anilines is 2. The lowest BCUT2D eigenvalue weighted by Gasteiger charge is -2.21. The molecule has 0 radical (unpaired) electrons. The van der Waals surface area contributed by atoms with Crippen molar-refractivity contribution in [1.82, 2.24) is 4.98 Å². The van der Waals surface area contributed by atoms with E-state index in [4.69, 9.17) is 28.6 Å². The highest BCUT2D eigenvalue weighted by molar-refractivity contribution is 6.31. The SMILES string of the molecule is C.CC(=N)c1ccc(C(=O)Cc2c(C(=O)Nc3ccc(Cl)cn3)cc(Cl)cc2N(C)C)cc1. The van der Waals surface area contributed by atoms with Crippen molar-refractivity contribution >= 4 is 52.1 Å². The van der Waals surface area contributed by atoms with Crippen molar-refractivity contribution in [3.05, 3.63) is 87.0 Å². The second kappa shape index (κ2) is 11.1. The van der Waals surface area contributed by atoms with Gasteiger partial charge in [-0.2, -0.15) is 0 Å². The lowest BCUT2D eigenvalue weighted by atomic mass is 9.95. The van der Waals surface area contributed by atoms with Gasteiger partial charge < -0.3 is 15.6 Å². The summed E-state index contributed by atoms with van der Waals surface area (Å²) < 4.78 is 0. The molecular weight excluding hydrogens is 459 g/mol. The highest BCUT2D eigenvalue weighted by atomic mass is 35.5. The highest BCUT2D eigenvalue weighted by Gasteiger charge is 2.21. The zero-order chi connectivity index (χ0) is 23.4. The van der Waals surface area contributed by atoms with Crippen molar-refractivity contribution in [1.29, 1.82) is 5.41 Å². The molecule has 1 aromatic heterocycles. The van der Waals surface area contributed by atoms with Crippen LogP contribution in [0, 0.1) is 5.41 Å². The molecule has 0 unspecified atom stereocenters. The van der Waals surface area contributed by atoms with Crippen LogP contribution < -0.4 is 10.2 Å². The van der Waals surface area contributed by atoms with Gasteiger partial charge in [-0.3, -0.25) is 9.59 Å². The molecule has 3 aromatic rings. The van der Waals surface area contributed by atoms with Gasteiger partial charge in [0.05, 0.1) is 5.02 Å². The molecule has 3 rings (SSSR count). The maximum atomic E-state index is 13.1. The molecule has 2 aromatic carbocycles. The lowest BCUT2D eigenvalue weighted by Crippen LogP contribution is -2.20. The maximum absolute atomic E-state index is 13.1. The van der Waals surface area contributed by atoms with Gasteiger partial charge in [-0.05, 0) is 42.3 Å². The molecule has 0 aliphatic carbocycles. The first kappa shape index (κ1) is 26.0. The number of nitrogens with one attached hydrogen (secondary N) is 2. The first-order chi connectivity index (χ1) is 15.2. The van der Waals surface area contributed by atoms with Crippen LogP contribution >= 0.6 is 23.2 Å². The van der Waals surface area contributed by atoms with Gasteiger partial charge in [0.1, 0.15) is 5.82 Å². The smallest absolute Gasteiger partial charge is 0.257 e. The van der Waals surface area contributed by atoms with E-state index in [0.717, 1.165) is 5.56 Å². The summed E-state index contributed by atoms with van der Waals surface area (Å²) >= 11 is 12.2. The fraction of sp³-hybridized carbons (Fsp3) is 0.200. The number of hydrogen-bond acceptors (Lipinski definition) is 5. The molecule has 0 aliphatic rings. The van der Waals surface area contributed by atoms with Gasteiger partial charge in [0.15, 0.2) is 5.78 Å². The average Bonchev–Trinajstić information content (AvgIpc) is 2.76. The first-order valence-electron chi connectivity index (χ1n) is 9.77. The van der Waals surface area contributed by atoms with Gasteiger partial charge in [0.2, 0.25) is 0 Å². The van der Waals surface area contributed by atoms with Crippen molar-refractivity contribution in [3.63, 3.8) is 0 Å². The van der Waals surface area contributed by atoms with Gasteiger partial charge >= 0.3 is 0 Å². The minimum absolute atomic E-state index is 0. The van der Waals surface area contributed by atoms with E-state index in [2.05, 4.69) is 10.3 Å². The van der Waals surface area contributed by atoms with Gasteiger partial charge in [-0.1, -0.05) is 54.9 Å². The van der Waals surface area contributed by atoms with Gasteiger partial charge in [-0.15, -0.1) is 0 Å². The van der Waals surface area contributed by atoms with E-state index in [0.29, 0.717) is 44.0 Å². The van der Waals surface area contributed by atoms with Crippen molar-refractivity contribution in [2.24, 2.45) is 0 Å². The summed E-state index contributed by atoms with van der Waals surface area (Å²) in [5, 5.41) is 11.3. The van der Waals surface area contributed by atoms with Crippen LogP contribution in [0.1, 0.15) is 46.2 Å². The third-order valence-corrected chi connectivity index (χ3v) is 5.31. The Kier molecular flexibility index (Phi) is 8.74. The Morgan fingerprint density at radius 3 is 2.18 bits per heavy atom. The summed E-state index contributed by atoms with van der Waals surface area (Å²) in [6, 6.07) is 13.4. The third-order valence-electron chi connectivity index (χ3n) is 4.86. The molecule has 1 heterocycles. The van der Waals surface area contributed by atoms with Crippen molar-refractivity contribution < 1.29 is 9.59 Å². The molecule has 8 heteroatoms. The quantitative estimate of drug-likeness (QED) is 0.310. The Bertz CT molecular complexity index is 1170. The van der Waals surface area contributed by atoms with Crippen LogP contribution in [0.25, 0.3) is 0 Å². The molecule has 0 aliphatic heterocycles. The molecular formula is C25H26Cl2N4O2. The number of amides is 1. The largest absolute Gasteiger partial charge is 0.377 e. The Morgan fingerprint density at radius 2 is 1.64 bits per heavy atom. The topological polar surface area (TPSA) is 86.1 Å². The number of aromatic nitrogens is 1. The second-order valence-corrected chi connectivity index (χ2v) is 8.34. The molecule has 0 bridgehead atoms. The van der Waals surface area contributed by atoms with Crippen LogP contribution in [0.2, 0.25) is 10.0 Å². The number of rotatable bonds is 7. The molecule has 2 N–H and O–H groups in total. The summed E-state index contributed by atoms with van der Waals surface area (Å²) in [6.07, 6.45) is 1.44. The first-order valence-corrected chi connectivity index (χ1v) is 10.5. The fourth-order valence-electron chi connectivity index (χ4n) is 3.21. The third kappa shape index (κ3) is 6.40. The van der Waals surface area contributed by atoms with E-state index in [1.807, 2.05) is 19.0 Å². The minimum Gasteiger partial charge on any atom is -0.377 e. The van der Waals surface area contributed by atoms with Crippen molar-refractivity contribution in [3.8, 4) is 0 Å². The molecule has 33 heavy (non-hydrogen) atoms. The van der Waals surface area contributed by atoms with E-state index in [1.54, 1.807) is 55.5 Å². The highest BCUT2D eigenvalue weighted by Crippen LogP contribution is 2.30. The van der Waals surface area contributed by atoms with Crippen LogP contribution in [-0.4, -0.2) is 36.5 Å². The van der Waals surface area contributed by atoms with Gasteiger partial charge in [0.25, 0.3) is 5.91 Å². The number of halogens is 2. The van der Waals surface area contributed by atoms with E-state index in [9.17, 15) is 9.59 Å². The standard InChI is InChI=1S/C24H22Cl2N4O2.CH4/c1-14(27)15-4-6-16(7-5-15)22(31)12-19-20(10-18(26)11-21(19)30(2)3)24(32)29-23-9-8-17(25)13-28-23;/h4-11,13,27H,12H2,1-3H3,(H,28,29,32);1H4. The number of hydrogen-bond donors (Lipinski definition) is 2. The Balaban J connectivity index is 0.00000385. The molecule has 0 atom stereocenters. The Morgan fingerprint density at radius 1 is 1.00 bits per heavy atom. The zero-order valence-corrected chi connectivity index (χ0v) is 19.4. The summed E-state index contributed by atoms with van der Waals surface area (Å²) in [5.41, 5.74) is 3.19.